The summed E-state index contributed by atoms with van der Waals surface area (Å²) in [5, 5.41) is 2.12. The number of aryl methyl sites for hydroxylation is 3. The van der Waals surface area contributed by atoms with Crippen molar-refractivity contribution in [2.75, 3.05) is 0 Å². The van der Waals surface area contributed by atoms with E-state index in [-0.39, 0.29) is 0 Å². The van der Waals surface area contributed by atoms with Crippen LogP contribution in [0.5, 0.6) is 0 Å². The van der Waals surface area contributed by atoms with Crippen molar-refractivity contribution < 1.29 is 0 Å². The van der Waals surface area contributed by atoms with Gasteiger partial charge in [-0.2, -0.15) is 0 Å². The van der Waals surface area contributed by atoms with Crippen molar-refractivity contribution in [2.24, 2.45) is 0 Å². The Morgan fingerprint density at radius 2 is 2.00 bits per heavy atom. The Balaban J connectivity index is 2.05. The molecule has 3 heteroatoms. The quantitative estimate of drug-likeness (QED) is 0.755. The number of hydrogen-bond acceptors (Lipinski definition) is 2. The van der Waals surface area contributed by atoms with Crippen LogP contribution in [0.25, 0.3) is 0 Å². The van der Waals surface area contributed by atoms with Gasteiger partial charge in [-0.25, -0.2) is 4.98 Å². The van der Waals surface area contributed by atoms with Crippen molar-refractivity contribution in [1.29, 1.82) is 0 Å². The van der Waals surface area contributed by atoms with Gasteiger partial charge in [0.25, 0.3) is 0 Å². The van der Waals surface area contributed by atoms with Gasteiger partial charge < -0.3 is 4.57 Å². The lowest BCUT2D eigenvalue weighted by molar-refractivity contribution is 0.657. The molecule has 0 saturated carbocycles. The minimum atomic E-state index is 1.03. The summed E-state index contributed by atoms with van der Waals surface area (Å²) in [5.41, 5.74) is 5.75. The first-order chi connectivity index (χ1) is 6.77. The summed E-state index contributed by atoms with van der Waals surface area (Å²) in [6, 6.07) is 4.33. The Morgan fingerprint density at radius 1 is 1.29 bits per heavy atom. The van der Waals surface area contributed by atoms with Crippen LogP contribution in [-0.2, 0) is 13.0 Å². The van der Waals surface area contributed by atoms with Crippen molar-refractivity contribution in [3.05, 3.63) is 40.1 Å². The highest BCUT2D eigenvalue weighted by Gasteiger charge is 2.01. The third-order valence-electron chi connectivity index (χ3n) is 2.49. The molecule has 2 aromatic rings. The van der Waals surface area contributed by atoms with Crippen LogP contribution in [0.2, 0.25) is 0 Å². The van der Waals surface area contributed by atoms with Gasteiger partial charge in [0.2, 0.25) is 0 Å². The molecule has 74 valence electrons. The third kappa shape index (κ3) is 1.87. The lowest BCUT2D eigenvalue weighted by atomic mass is 10.3. The van der Waals surface area contributed by atoms with E-state index in [2.05, 4.69) is 40.9 Å². The van der Waals surface area contributed by atoms with Crippen molar-refractivity contribution in [3.63, 3.8) is 0 Å². The number of hydrogen-bond donors (Lipinski definition) is 0. The fourth-order valence-corrected chi connectivity index (χ4v) is 2.23. The van der Waals surface area contributed by atoms with Crippen LogP contribution in [0.4, 0.5) is 0 Å². The molecule has 0 spiro atoms. The maximum Gasteiger partial charge on any atom is 0.0794 e. The smallest absolute Gasteiger partial charge is 0.0794 e. The van der Waals surface area contributed by atoms with Crippen molar-refractivity contribution in [2.45, 2.75) is 26.8 Å². The normalized spacial score (nSPS) is 10.7. The molecule has 2 aromatic heterocycles. The van der Waals surface area contributed by atoms with Gasteiger partial charge in [0.1, 0.15) is 0 Å². The Hall–Kier alpha value is -1.09. The maximum atomic E-state index is 4.28. The van der Waals surface area contributed by atoms with E-state index in [1.807, 2.05) is 5.51 Å². The van der Waals surface area contributed by atoms with Crippen molar-refractivity contribution in [3.8, 4) is 0 Å². The lowest BCUT2D eigenvalue weighted by Crippen LogP contribution is -2.04. The van der Waals surface area contributed by atoms with E-state index >= 15 is 0 Å². The van der Waals surface area contributed by atoms with Crippen LogP contribution in [0.1, 0.15) is 17.1 Å². The molecule has 0 aromatic carbocycles. The zero-order valence-electron chi connectivity index (χ0n) is 8.53. The molecule has 2 heterocycles. The van der Waals surface area contributed by atoms with Gasteiger partial charge >= 0.3 is 0 Å². The molecule has 0 aliphatic carbocycles. The molecule has 0 radical (unpaired) electrons. The van der Waals surface area contributed by atoms with Gasteiger partial charge in [0.05, 0.1) is 11.2 Å². The van der Waals surface area contributed by atoms with E-state index in [9.17, 15) is 0 Å². The first kappa shape index (κ1) is 9.46. The Kier molecular flexibility index (Phi) is 2.68. The molecule has 0 unspecified atom stereocenters. The van der Waals surface area contributed by atoms with E-state index in [4.69, 9.17) is 0 Å². The SMILES string of the molecule is Cc1ccc(C)n1CCc1cscn1. The van der Waals surface area contributed by atoms with Crippen LogP contribution < -0.4 is 0 Å². The Labute approximate surface area is 88.2 Å². The summed E-state index contributed by atoms with van der Waals surface area (Å²) >= 11 is 1.66. The first-order valence-corrected chi connectivity index (χ1v) is 5.71. The predicted octanol–water partition coefficient (Wildman–Crippen LogP) is 2.80. The zero-order valence-corrected chi connectivity index (χ0v) is 9.34. The van der Waals surface area contributed by atoms with Gasteiger partial charge in [-0.1, -0.05) is 0 Å². The van der Waals surface area contributed by atoms with Crippen LogP contribution in [-0.4, -0.2) is 9.55 Å². The topological polar surface area (TPSA) is 17.8 Å². The summed E-state index contributed by atoms with van der Waals surface area (Å²) in [5.74, 6) is 0. The molecule has 0 aliphatic heterocycles. The molecule has 0 N–H and O–H groups in total. The fourth-order valence-electron chi connectivity index (χ4n) is 1.64. The molecule has 2 nitrogen and oxygen atoms in total. The highest BCUT2D eigenvalue weighted by Crippen LogP contribution is 2.09. The number of aromatic nitrogens is 2. The second-order valence-corrected chi connectivity index (χ2v) is 4.22. The fraction of sp³-hybridized carbons (Fsp3) is 0.364. The molecule has 0 atom stereocenters. The van der Waals surface area contributed by atoms with Gasteiger partial charge in [-0.3, -0.25) is 0 Å². The van der Waals surface area contributed by atoms with Gasteiger partial charge in [0, 0.05) is 29.7 Å². The van der Waals surface area contributed by atoms with Crippen LogP contribution in [0.15, 0.2) is 23.0 Å². The molecule has 0 amide bonds. The summed E-state index contributed by atoms with van der Waals surface area (Å²) in [7, 11) is 0. The van der Waals surface area contributed by atoms with Crippen molar-refractivity contribution >= 4 is 11.3 Å². The molecule has 14 heavy (non-hydrogen) atoms. The zero-order chi connectivity index (χ0) is 9.97. The lowest BCUT2D eigenvalue weighted by Gasteiger charge is -2.07. The molecule has 2 rings (SSSR count). The van der Waals surface area contributed by atoms with Crippen LogP contribution >= 0.6 is 11.3 Å². The highest BCUT2D eigenvalue weighted by atomic mass is 32.1. The standard InChI is InChI=1S/C11H14N2S/c1-9-3-4-10(2)13(9)6-5-11-7-14-8-12-11/h3-4,7-8H,5-6H2,1-2H3. The van der Waals surface area contributed by atoms with E-state index in [1.165, 1.54) is 17.1 Å². The second kappa shape index (κ2) is 3.96. The molecule has 0 aliphatic rings. The largest absolute Gasteiger partial charge is 0.349 e. The average molecular weight is 206 g/mol. The Bertz CT molecular complexity index is 381. The van der Waals surface area contributed by atoms with Crippen molar-refractivity contribution in [1.82, 2.24) is 9.55 Å². The van der Waals surface area contributed by atoms with E-state index in [0.717, 1.165) is 13.0 Å². The number of thiazole rings is 1. The third-order valence-corrected chi connectivity index (χ3v) is 3.13. The van der Waals surface area contributed by atoms with Crippen LogP contribution in [0, 0.1) is 13.8 Å². The monoisotopic (exact) mass is 206 g/mol. The van der Waals surface area contributed by atoms with Crippen LogP contribution in [0.3, 0.4) is 0 Å². The second-order valence-electron chi connectivity index (χ2n) is 3.50. The van der Waals surface area contributed by atoms with Gasteiger partial charge in [0.15, 0.2) is 0 Å². The molecular weight excluding hydrogens is 192 g/mol. The minimum absolute atomic E-state index is 1.03. The molecular formula is C11H14N2S. The minimum Gasteiger partial charge on any atom is -0.349 e. The molecule has 0 saturated heterocycles. The van der Waals surface area contributed by atoms with Gasteiger partial charge in [-0.05, 0) is 26.0 Å². The summed E-state index contributed by atoms with van der Waals surface area (Å²) < 4.78 is 2.33. The van der Waals surface area contributed by atoms with E-state index < -0.39 is 0 Å². The predicted molar refractivity (Wildman–Crippen MR) is 59.7 cm³/mol. The average Bonchev–Trinajstić information content (AvgIpc) is 2.76. The Morgan fingerprint density at radius 3 is 2.57 bits per heavy atom. The summed E-state index contributed by atoms with van der Waals surface area (Å²) in [4.78, 5) is 4.28. The summed E-state index contributed by atoms with van der Waals surface area (Å²) in [6.07, 6.45) is 1.03. The first-order valence-electron chi connectivity index (χ1n) is 4.77. The van der Waals surface area contributed by atoms with E-state index in [1.54, 1.807) is 11.3 Å². The molecule has 0 fully saturated rings. The summed E-state index contributed by atoms with van der Waals surface area (Å²) in [6.45, 7) is 5.33. The number of rotatable bonds is 3. The maximum absolute atomic E-state index is 4.28. The van der Waals surface area contributed by atoms with E-state index in [0.29, 0.717) is 0 Å². The van der Waals surface area contributed by atoms with Gasteiger partial charge in [-0.15, -0.1) is 11.3 Å². The highest BCUT2D eigenvalue weighted by molar-refractivity contribution is 7.07. The number of nitrogens with zero attached hydrogens (tertiary/aromatic N) is 2. The molecule has 0 bridgehead atoms.